The van der Waals surface area contributed by atoms with Crippen LogP contribution in [0, 0.1) is 0 Å². The van der Waals surface area contributed by atoms with Gasteiger partial charge in [-0.1, -0.05) is 30.3 Å². The zero-order valence-corrected chi connectivity index (χ0v) is 11.7. The molecule has 1 N–H and O–H groups in total. The summed E-state index contributed by atoms with van der Waals surface area (Å²) in [5, 5.41) is 8.97. The van der Waals surface area contributed by atoms with E-state index >= 15 is 0 Å². The summed E-state index contributed by atoms with van der Waals surface area (Å²) in [7, 11) is 0. The van der Waals surface area contributed by atoms with E-state index in [1.807, 2.05) is 30.3 Å². The minimum Gasteiger partial charge on any atom is -0.480 e. The highest BCUT2D eigenvalue weighted by atomic mass is 16.6. The molecule has 0 radical (unpaired) electrons. The van der Waals surface area contributed by atoms with Gasteiger partial charge in [-0.3, -0.25) is 9.69 Å². The van der Waals surface area contributed by atoms with Crippen molar-refractivity contribution >= 4 is 12.1 Å². The van der Waals surface area contributed by atoms with Crippen LogP contribution in [0.4, 0.5) is 4.79 Å². The van der Waals surface area contributed by atoms with Crippen molar-refractivity contribution in [1.29, 1.82) is 0 Å². The number of amides is 1. The molecular formula is C15H19NO5. The number of nitrogens with zero attached hydrogens (tertiary/aromatic N) is 1. The normalized spacial score (nSPS) is 15.4. The molecule has 1 aromatic rings. The van der Waals surface area contributed by atoms with E-state index in [9.17, 15) is 9.59 Å². The van der Waals surface area contributed by atoms with Gasteiger partial charge in [0, 0.05) is 19.3 Å². The molecule has 1 saturated heterocycles. The molecular weight excluding hydrogens is 274 g/mol. The number of carbonyl (C=O) groups excluding carboxylic acids is 1. The quantitative estimate of drug-likeness (QED) is 0.897. The lowest BCUT2D eigenvalue weighted by atomic mass is 10.1. The van der Waals surface area contributed by atoms with Crippen molar-refractivity contribution in [3.05, 3.63) is 35.9 Å². The molecule has 0 atom stereocenters. The Morgan fingerprint density at radius 3 is 2.52 bits per heavy atom. The van der Waals surface area contributed by atoms with Gasteiger partial charge in [0.25, 0.3) is 0 Å². The van der Waals surface area contributed by atoms with Crippen LogP contribution in [-0.2, 0) is 20.9 Å². The Kier molecular flexibility index (Phi) is 5.57. The lowest BCUT2D eigenvalue weighted by Crippen LogP contribution is -2.46. The lowest BCUT2D eigenvalue weighted by Gasteiger charge is -2.32. The number of carboxylic acid groups (broad SMARTS) is 1. The first kappa shape index (κ1) is 15.3. The van der Waals surface area contributed by atoms with E-state index in [4.69, 9.17) is 14.6 Å². The molecule has 1 aliphatic heterocycles. The number of ether oxygens (including phenoxy) is 2. The van der Waals surface area contributed by atoms with Crippen LogP contribution in [0.5, 0.6) is 0 Å². The Bertz CT molecular complexity index is 470. The number of carboxylic acids is 1. The van der Waals surface area contributed by atoms with Gasteiger partial charge in [-0.05, 0) is 18.4 Å². The van der Waals surface area contributed by atoms with Gasteiger partial charge >= 0.3 is 12.1 Å². The number of hydrogen-bond acceptors (Lipinski definition) is 4. The van der Waals surface area contributed by atoms with Gasteiger partial charge < -0.3 is 14.6 Å². The van der Waals surface area contributed by atoms with Crippen LogP contribution in [0.3, 0.4) is 0 Å². The first-order chi connectivity index (χ1) is 10.2. The summed E-state index contributed by atoms with van der Waals surface area (Å²) in [6, 6.07) is 9.15. The van der Waals surface area contributed by atoms with Crippen molar-refractivity contribution in [3.8, 4) is 0 Å². The van der Waals surface area contributed by atoms with Crippen molar-refractivity contribution in [2.45, 2.75) is 25.5 Å². The second-order valence-electron chi connectivity index (χ2n) is 4.91. The van der Waals surface area contributed by atoms with E-state index in [-0.39, 0.29) is 19.2 Å². The van der Waals surface area contributed by atoms with E-state index in [0.717, 1.165) is 5.56 Å². The molecule has 0 aliphatic carbocycles. The van der Waals surface area contributed by atoms with E-state index in [0.29, 0.717) is 26.1 Å². The topological polar surface area (TPSA) is 76.1 Å². The fraction of sp³-hybridized carbons (Fsp3) is 0.467. The van der Waals surface area contributed by atoms with E-state index in [1.54, 1.807) is 0 Å². The van der Waals surface area contributed by atoms with Gasteiger partial charge in [0.15, 0.2) is 0 Å². The predicted octanol–water partition coefficient (Wildman–Crippen LogP) is 1.89. The summed E-state index contributed by atoms with van der Waals surface area (Å²) in [6.45, 7) is 0.858. The average molecular weight is 293 g/mol. The molecule has 0 bridgehead atoms. The van der Waals surface area contributed by atoms with Crippen molar-refractivity contribution in [1.82, 2.24) is 4.90 Å². The summed E-state index contributed by atoms with van der Waals surface area (Å²) in [6.07, 6.45) is 0.676. The first-order valence-corrected chi connectivity index (χ1v) is 6.93. The third kappa shape index (κ3) is 4.75. The second-order valence-corrected chi connectivity index (χ2v) is 4.91. The van der Waals surface area contributed by atoms with Crippen LogP contribution in [-0.4, -0.2) is 47.9 Å². The van der Waals surface area contributed by atoms with E-state index in [2.05, 4.69) is 0 Å². The molecule has 0 unspecified atom stereocenters. The minimum atomic E-state index is -1.04. The summed E-state index contributed by atoms with van der Waals surface area (Å²) in [4.78, 5) is 24.4. The van der Waals surface area contributed by atoms with Gasteiger partial charge in [-0.2, -0.15) is 0 Å². The third-order valence-electron chi connectivity index (χ3n) is 3.38. The molecule has 1 aliphatic rings. The van der Waals surface area contributed by atoms with Crippen LogP contribution in [0.25, 0.3) is 0 Å². The molecule has 0 spiro atoms. The Morgan fingerprint density at radius 1 is 1.24 bits per heavy atom. The smallest absolute Gasteiger partial charge is 0.410 e. The molecule has 114 valence electrons. The van der Waals surface area contributed by atoms with Crippen molar-refractivity contribution in [2.24, 2.45) is 0 Å². The van der Waals surface area contributed by atoms with Crippen molar-refractivity contribution in [2.75, 3.05) is 19.8 Å². The van der Waals surface area contributed by atoms with Gasteiger partial charge in [-0.15, -0.1) is 0 Å². The van der Waals surface area contributed by atoms with Crippen LogP contribution >= 0.6 is 0 Å². The largest absolute Gasteiger partial charge is 0.480 e. The van der Waals surface area contributed by atoms with Gasteiger partial charge in [-0.25, -0.2) is 4.79 Å². The molecule has 6 heteroatoms. The van der Waals surface area contributed by atoms with Gasteiger partial charge in [0.1, 0.15) is 13.2 Å². The number of aliphatic carboxylic acids is 1. The van der Waals surface area contributed by atoms with Crippen molar-refractivity contribution in [3.63, 3.8) is 0 Å². The molecule has 1 fully saturated rings. The zero-order valence-electron chi connectivity index (χ0n) is 11.7. The third-order valence-corrected chi connectivity index (χ3v) is 3.38. The maximum Gasteiger partial charge on any atom is 0.410 e. The van der Waals surface area contributed by atoms with Crippen LogP contribution in [0.1, 0.15) is 18.4 Å². The molecule has 0 saturated carbocycles. The van der Waals surface area contributed by atoms with E-state index < -0.39 is 12.1 Å². The molecule has 2 rings (SSSR count). The van der Waals surface area contributed by atoms with E-state index in [1.165, 1.54) is 4.90 Å². The van der Waals surface area contributed by atoms with Crippen LogP contribution < -0.4 is 0 Å². The zero-order chi connectivity index (χ0) is 15.1. The lowest BCUT2D eigenvalue weighted by molar-refractivity contribution is -0.139. The number of rotatable bonds is 5. The summed E-state index contributed by atoms with van der Waals surface area (Å²) < 4.78 is 10.5. The Morgan fingerprint density at radius 2 is 1.90 bits per heavy atom. The van der Waals surface area contributed by atoms with Gasteiger partial charge in [0.2, 0.25) is 0 Å². The van der Waals surface area contributed by atoms with Gasteiger partial charge in [0.05, 0.1) is 0 Å². The fourth-order valence-electron chi connectivity index (χ4n) is 2.29. The predicted molar refractivity (Wildman–Crippen MR) is 74.8 cm³/mol. The Balaban J connectivity index is 1.94. The molecule has 0 aromatic heterocycles. The standard InChI is InChI=1S/C15H19NO5/c17-14(18)10-16(13-6-8-20-9-7-13)15(19)21-11-12-4-2-1-3-5-12/h1-5,13H,6-11H2,(H,17,18). The first-order valence-electron chi connectivity index (χ1n) is 6.93. The fourth-order valence-corrected chi connectivity index (χ4v) is 2.29. The summed E-state index contributed by atoms with van der Waals surface area (Å²) >= 11 is 0. The van der Waals surface area contributed by atoms with Crippen LogP contribution in [0.2, 0.25) is 0 Å². The highest BCUT2D eigenvalue weighted by molar-refractivity contribution is 5.77. The molecule has 6 nitrogen and oxygen atoms in total. The average Bonchev–Trinajstić information content (AvgIpc) is 2.52. The second kappa shape index (κ2) is 7.64. The summed E-state index contributed by atoms with van der Waals surface area (Å²) in [5.74, 6) is -1.04. The number of hydrogen-bond donors (Lipinski definition) is 1. The highest BCUT2D eigenvalue weighted by Gasteiger charge is 2.28. The monoisotopic (exact) mass is 293 g/mol. The number of benzene rings is 1. The SMILES string of the molecule is O=C(O)CN(C(=O)OCc1ccccc1)C1CCOCC1. The maximum atomic E-state index is 12.2. The number of carbonyl (C=O) groups is 2. The van der Waals surface area contributed by atoms with Crippen LogP contribution in [0.15, 0.2) is 30.3 Å². The molecule has 1 aromatic carbocycles. The highest BCUT2D eigenvalue weighted by Crippen LogP contribution is 2.16. The minimum absolute atomic E-state index is 0.138. The Hall–Kier alpha value is -2.08. The summed E-state index contributed by atoms with van der Waals surface area (Å²) in [5.41, 5.74) is 0.869. The molecule has 21 heavy (non-hydrogen) atoms. The Labute approximate surface area is 123 Å². The molecule has 1 heterocycles. The maximum absolute atomic E-state index is 12.2. The molecule has 1 amide bonds. The van der Waals surface area contributed by atoms with Crippen molar-refractivity contribution < 1.29 is 24.2 Å².